The molecule has 1 aliphatic rings. The average Bonchev–Trinajstić information content (AvgIpc) is 3.09. The van der Waals surface area contributed by atoms with Crippen molar-refractivity contribution in [3.63, 3.8) is 0 Å². The fourth-order valence-electron chi connectivity index (χ4n) is 1.54. The summed E-state index contributed by atoms with van der Waals surface area (Å²) in [5.74, 6) is 0.634. The molecule has 100 valence electrons. The molecule has 0 bridgehead atoms. The maximum Gasteiger partial charge on any atom is 0.232 e. The van der Waals surface area contributed by atoms with E-state index in [1.807, 2.05) is 0 Å². The molecule has 1 N–H and O–H groups in total. The van der Waals surface area contributed by atoms with Crippen molar-refractivity contribution in [3.05, 3.63) is 18.1 Å². The molecule has 0 atom stereocenters. The third-order valence-electron chi connectivity index (χ3n) is 2.91. The van der Waals surface area contributed by atoms with Crippen molar-refractivity contribution >= 4 is 0 Å². The summed E-state index contributed by atoms with van der Waals surface area (Å²) < 4.78 is 5.64. The molecule has 18 heavy (non-hydrogen) atoms. The summed E-state index contributed by atoms with van der Waals surface area (Å²) in [4.78, 5) is 8.62. The summed E-state index contributed by atoms with van der Waals surface area (Å²) in [5, 5.41) is 3.42. The van der Waals surface area contributed by atoms with Crippen LogP contribution in [0, 0.1) is 5.41 Å². The van der Waals surface area contributed by atoms with Crippen LogP contribution in [0.3, 0.4) is 0 Å². The van der Waals surface area contributed by atoms with E-state index >= 15 is 0 Å². The number of nitrogens with one attached hydrogen (secondary N) is 1. The van der Waals surface area contributed by atoms with E-state index in [4.69, 9.17) is 4.74 Å². The van der Waals surface area contributed by atoms with E-state index in [1.165, 1.54) is 12.8 Å². The highest BCUT2D eigenvalue weighted by Gasteiger charge is 2.20. The molecule has 0 saturated heterocycles. The van der Waals surface area contributed by atoms with Gasteiger partial charge in [-0.3, -0.25) is 4.98 Å². The second kappa shape index (κ2) is 5.65. The van der Waals surface area contributed by atoms with Gasteiger partial charge in [-0.2, -0.15) is 0 Å². The van der Waals surface area contributed by atoms with Gasteiger partial charge in [0.05, 0.1) is 18.5 Å². The Bertz CT molecular complexity index is 383. The van der Waals surface area contributed by atoms with Crippen LogP contribution in [0.1, 0.15) is 45.7 Å². The van der Waals surface area contributed by atoms with Crippen LogP contribution in [0.15, 0.2) is 12.4 Å². The lowest BCUT2D eigenvalue weighted by Gasteiger charge is -2.17. The Labute approximate surface area is 109 Å². The minimum absolute atomic E-state index is 0.290. The summed E-state index contributed by atoms with van der Waals surface area (Å²) in [5.41, 5.74) is 1.24. The molecular formula is C14H23N3O. The van der Waals surface area contributed by atoms with Crippen LogP contribution in [0.2, 0.25) is 0 Å². The van der Waals surface area contributed by atoms with Crippen molar-refractivity contribution in [1.82, 2.24) is 15.3 Å². The Morgan fingerprint density at radius 3 is 2.78 bits per heavy atom. The second-order valence-electron chi connectivity index (χ2n) is 6.16. The van der Waals surface area contributed by atoms with Crippen molar-refractivity contribution in [3.8, 4) is 5.88 Å². The van der Waals surface area contributed by atoms with Crippen molar-refractivity contribution in [2.24, 2.45) is 5.41 Å². The summed E-state index contributed by atoms with van der Waals surface area (Å²) in [6.45, 7) is 8.10. The van der Waals surface area contributed by atoms with Crippen LogP contribution in [-0.2, 0) is 6.54 Å². The van der Waals surface area contributed by atoms with Crippen LogP contribution in [0.4, 0.5) is 0 Å². The first-order chi connectivity index (χ1) is 8.53. The fraction of sp³-hybridized carbons (Fsp3) is 0.714. The van der Waals surface area contributed by atoms with Crippen molar-refractivity contribution in [2.75, 3.05) is 6.61 Å². The van der Waals surface area contributed by atoms with Gasteiger partial charge < -0.3 is 10.1 Å². The summed E-state index contributed by atoms with van der Waals surface area (Å²) in [6.07, 6.45) is 7.07. The summed E-state index contributed by atoms with van der Waals surface area (Å²) >= 11 is 0. The number of aromatic nitrogens is 2. The highest BCUT2D eigenvalue weighted by atomic mass is 16.5. The van der Waals surface area contributed by atoms with Gasteiger partial charge in [-0.25, -0.2) is 4.98 Å². The van der Waals surface area contributed by atoms with Gasteiger partial charge in [-0.15, -0.1) is 0 Å². The standard InChI is InChI=1S/C14H23N3O/c1-14(2,3)6-7-18-13-10-15-8-12(17-13)9-16-11-4-5-11/h8,10-11,16H,4-7,9H2,1-3H3. The molecule has 1 aromatic heterocycles. The first kappa shape index (κ1) is 13.3. The third-order valence-corrected chi connectivity index (χ3v) is 2.91. The number of hydrogen-bond donors (Lipinski definition) is 1. The van der Waals surface area contributed by atoms with Crippen molar-refractivity contribution in [2.45, 2.75) is 52.6 Å². The monoisotopic (exact) mass is 249 g/mol. The molecule has 2 rings (SSSR count). The largest absolute Gasteiger partial charge is 0.477 e. The molecule has 0 spiro atoms. The molecule has 0 aliphatic heterocycles. The number of nitrogens with zero attached hydrogens (tertiary/aromatic N) is 2. The molecule has 1 fully saturated rings. The SMILES string of the molecule is CC(C)(C)CCOc1cncc(CNC2CC2)n1. The average molecular weight is 249 g/mol. The molecule has 0 unspecified atom stereocenters. The maximum atomic E-state index is 5.64. The van der Waals surface area contributed by atoms with Gasteiger partial charge in [0.2, 0.25) is 5.88 Å². The van der Waals surface area contributed by atoms with Gasteiger partial charge in [-0.1, -0.05) is 20.8 Å². The van der Waals surface area contributed by atoms with Crippen LogP contribution in [-0.4, -0.2) is 22.6 Å². The summed E-state index contributed by atoms with van der Waals surface area (Å²) in [7, 11) is 0. The Hall–Kier alpha value is -1.16. The molecule has 4 nitrogen and oxygen atoms in total. The molecular weight excluding hydrogens is 226 g/mol. The number of ether oxygens (including phenoxy) is 1. The number of rotatable bonds is 6. The Morgan fingerprint density at radius 1 is 1.33 bits per heavy atom. The zero-order valence-electron chi connectivity index (χ0n) is 11.6. The van der Waals surface area contributed by atoms with Crippen LogP contribution in [0.25, 0.3) is 0 Å². The van der Waals surface area contributed by atoms with E-state index in [9.17, 15) is 0 Å². The quantitative estimate of drug-likeness (QED) is 0.841. The van der Waals surface area contributed by atoms with E-state index in [2.05, 4.69) is 36.1 Å². The van der Waals surface area contributed by atoms with Gasteiger partial charge >= 0.3 is 0 Å². The lowest BCUT2D eigenvalue weighted by atomic mass is 9.93. The molecule has 4 heteroatoms. The van der Waals surface area contributed by atoms with Crippen LogP contribution >= 0.6 is 0 Å². The topological polar surface area (TPSA) is 47.0 Å². The van der Waals surface area contributed by atoms with E-state index in [0.717, 1.165) is 18.7 Å². The maximum absolute atomic E-state index is 5.64. The van der Waals surface area contributed by atoms with Crippen LogP contribution < -0.4 is 10.1 Å². The van der Waals surface area contributed by atoms with Crippen LogP contribution in [0.5, 0.6) is 5.88 Å². The third kappa shape index (κ3) is 5.00. The van der Waals surface area contributed by atoms with Gasteiger partial charge in [0.1, 0.15) is 0 Å². The van der Waals surface area contributed by atoms with Gasteiger partial charge in [0.25, 0.3) is 0 Å². The molecule has 0 aromatic carbocycles. The second-order valence-corrected chi connectivity index (χ2v) is 6.16. The molecule has 1 aliphatic carbocycles. The molecule has 1 heterocycles. The highest BCUT2D eigenvalue weighted by Crippen LogP contribution is 2.20. The summed E-state index contributed by atoms with van der Waals surface area (Å²) in [6, 6.07) is 0.692. The predicted octanol–water partition coefficient (Wildman–Crippen LogP) is 2.54. The normalized spacial score (nSPS) is 15.7. The molecule has 1 aromatic rings. The predicted molar refractivity (Wildman–Crippen MR) is 71.5 cm³/mol. The smallest absolute Gasteiger partial charge is 0.232 e. The van der Waals surface area contributed by atoms with Gasteiger partial charge in [0.15, 0.2) is 0 Å². The molecule has 0 amide bonds. The zero-order chi connectivity index (χ0) is 13.0. The number of hydrogen-bond acceptors (Lipinski definition) is 4. The minimum atomic E-state index is 0.290. The fourth-order valence-corrected chi connectivity index (χ4v) is 1.54. The Kier molecular flexibility index (Phi) is 4.17. The Morgan fingerprint density at radius 2 is 2.11 bits per heavy atom. The molecule has 0 radical (unpaired) electrons. The van der Waals surface area contributed by atoms with Gasteiger partial charge in [-0.05, 0) is 24.7 Å². The lowest BCUT2D eigenvalue weighted by molar-refractivity contribution is 0.235. The van der Waals surface area contributed by atoms with Gasteiger partial charge in [0, 0.05) is 18.8 Å². The molecule has 1 saturated carbocycles. The van der Waals surface area contributed by atoms with Crippen molar-refractivity contribution in [1.29, 1.82) is 0 Å². The van der Waals surface area contributed by atoms with E-state index in [1.54, 1.807) is 12.4 Å². The minimum Gasteiger partial charge on any atom is -0.477 e. The van der Waals surface area contributed by atoms with Crippen molar-refractivity contribution < 1.29 is 4.74 Å². The first-order valence-corrected chi connectivity index (χ1v) is 6.70. The highest BCUT2D eigenvalue weighted by molar-refractivity contribution is 5.08. The Balaban J connectivity index is 1.78. The van der Waals surface area contributed by atoms with E-state index in [-0.39, 0.29) is 0 Å². The van der Waals surface area contributed by atoms with E-state index in [0.29, 0.717) is 23.9 Å². The van der Waals surface area contributed by atoms with E-state index < -0.39 is 0 Å². The zero-order valence-corrected chi connectivity index (χ0v) is 11.6. The first-order valence-electron chi connectivity index (χ1n) is 6.70. The lowest BCUT2D eigenvalue weighted by Crippen LogP contribution is -2.17.